The van der Waals surface area contributed by atoms with Crippen molar-refractivity contribution in [1.29, 1.82) is 0 Å². The van der Waals surface area contributed by atoms with Crippen molar-refractivity contribution >= 4 is 6.41 Å². The standard InChI is InChI=1S/C10H20N2O/c1-9(2)10(11-8-13)7-12-5-3-4-6-12/h8-10H,3-7H2,1-2H3,(H,11,13). The number of hydrogen-bond donors (Lipinski definition) is 1. The molecule has 1 unspecified atom stereocenters. The molecule has 0 saturated carbocycles. The van der Waals surface area contributed by atoms with Crippen molar-refractivity contribution in [2.75, 3.05) is 19.6 Å². The Morgan fingerprint density at radius 1 is 1.38 bits per heavy atom. The van der Waals surface area contributed by atoms with Gasteiger partial charge in [0.1, 0.15) is 0 Å². The molecule has 0 aromatic carbocycles. The van der Waals surface area contributed by atoms with Crippen LogP contribution in [0.1, 0.15) is 26.7 Å². The first-order valence-corrected chi connectivity index (χ1v) is 5.16. The van der Waals surface area contributed by atoms with Crippen LogP contribution in [0.2, 0.25) is 0 Å². The SMILES string of the molecule is CC(C)C(CN1CCCC1)NC=O. The van der Waals surface area contributed by atoms with Gasteiger partial charge in [-0.25, -0.2) is 0 Å². The molecule has 3 nitrogen and oxygen atoms in total. The predicted octanol–water partition coefficient (Wildman–Crippen LogP) is 0.853. The second kappa shape index (κ2) is 5.22. The third kappa shape index (κ3) is 3.35. The molecule has 1 aliphatic rings. The molecule has 0 bridgehead atoms. The first kappa shape index (κ1) is 10.5. The molecule has 1 N–H and O–H groups in total. The van der Waals surface area contributed by atoms with E-state index in [1.165, 1.54) is 25.9 Å². The van der Waals surface area contributed by atoms with E-state index in [9.17, 15) is 4.79 Å². The van der Waals surface area contributed by atoms with E-state index in [-0.39, 0.29) is 0 Å². The van der Waals surface area contributed by atoms with Gasteiger partial charge in [-0.3, -0.25) is 4.79 Å². The third-order valence-electron chi connectivity index (χ3n) is 2.74. The zero-order valence-electron chi connectivity index (χ0n) is 8.62. The van der Waals surface area contributed by atoms with Gasteiger partial charge in [-0.1, -0.05) is 13.8 Å². The molecule has 0 aromatic heterocycles. The summed E-state index contributed by atoms with van der Waals surface area (Å²) in [6.07, 6.45) is 3.44. The summed E-state index contributed by atoms with van der Waals surface area (Å²) in [5.41, 5.74) is 0. The monoisotopic (exact) mass is 184 g/mol. The summed E-state index contributed by atoms with van der Waals surface area (Å²) in [6, 6.07) is 0.315. The summed E-state index contributed by atoms with van der Waals surface area (Å²) >= 11 is 0. The second-order valence-corrected chi connectivity index (χ2v) is 4.14. The van der Waals surface area contributed by atoms with E-state index in [0.717, 1.165) is 13.0 Å². The Labute approximate surface area is 80.5 Å². The molecular formula is C10H20N2O. The van der Waals surface area contributed by atoms with Crippen LogP contribution in [0.3, 0.4) is 0 Å². The van der Waals surface area contributed by atoms with Crippen LogP contribution >= 0.6 is 0 Å². The van der Waals surface area contributed by atoms with Crippen molar-refractivity contribution in [2.24, 2.45) is 5.92 Å². The highest BCUT2D eigenvalue weighted by Crippen LogP contribution is 2.10. The Kier molecular flexibility index (Phi) is 4.22. The van der Waals surface area contributed by atoms with Gasteiger partial charge >= 0.3 is 0 Å². The number of amides is 1. The lowest BCUT2D eigenvalue weighted by atomic mass is 10.0. The highest BCUT2D eigenvalue weighted by atomic mass is 16.1. The van der Waals surface area contributed by atoms with Crippen molar-refractivity contribution in [3.63, 3.8) is 0 Å². The molecule has 1 saturated heterocycles. The zero-order valence-corrected chi connectivity index (χ0v) is 8.62. The fourth-order valence-corrected chi connectivity index (χ4v) is 1.79. The van der Waals surface area contributed by atoms with Gasteiger partial charge in [0.2, 0.25) is 6.41 Å². The van der Waals surface area contributed by atoms with Crippen LogP contribution < -0.4 is 5.32 Å². The molecule has 0 aromatic rings. The second-order valence-electron chi connectivity index (χ2n) is 4.14. The van der Waals surface area contributed by atoms with Crippen LogP contribution in [-0.4, -0.2) is 37.0 Å². The number of hydrogen-bond acceptors (Lipinski definition) is 2. The number of carbonyl (C=O) groups is 1. The van der Waals surface area contributed by atoms with Gasteiger partial charge in [-0.15, -0.1) is 0 Å². The minimum Gasteiger partial charge on any atom is -0.354 e. The molecule has 1 rings (SSSR count). The average molecular weight is 184 g/mol. The normalized spacial score (nSPS) is 20.5. The van der Waals surface area contributed by atoms with E-state index in [1.54, 1.807) is 0 Å². The maximum Gasteiger partial charge on any atom is 0.207 e. The van der Waals surface area contributed by atoms with Crippen LogP contribution in [0.25, 0.3) is 0 Å². The lowest BCUT2D eigenvalue weighted by Gasteiger charge is -2.25. The Bertz CT molecular complexity index is 153. The van der Waals surface area contributed by atoms with E-state index < -0.39 is 0 Å². The summed E-state index contributed by atoms with van der Waals surface area (Å²) in [7, 11) is 0. The molecule has 13 heavy (non-hydrogen) atoms. The Hall–Kier alpha value is -0.570. The molecule has 1 aliphatic heterocycles. The highest BCUT2D eigenvalue weighted by Gasteiger charge is 2.18. The molecule has 0 spiro atoms. The molecular weight excluding hydrogens is 164 g/mol. The number of nitrogens with one attached hydrogen (secondary N) is 1. The van der Waals surface area contributed by atoms with E-state index in [1.807, 2.05) is 0 Å². The first-order valence-electron chi connectivity index (χ1n) is 5.16. The van der Waals surface area contributed by atoms with Gasteiger partial charge in [-0.2, -0.15) is 0 Å². The Morgan fingerprint density at radius 3 is 2.46 bits per heavy atom. The fourth-order valence-electron chi connectivity index (χ4n) is 1.79. The first-order chi connectivity index (χ1) is 6.24. The summed E-state index contributed by atoms with van der Waals surface area (Å²) in [4.78, 5) is 12.8. The van der Waals surface area contributed by atoms with Crippen LogP contribution in [-0.2, 0) is 4.79 Å². The van der Waals surface area contributed by atoms with Crippen molar-refractivity contribution in [3.8, 4) is 0 Å². The maximum absolute atomic E-state index is 10.4. The lowest BCUT2D eigenvalue weighted by Crippen LogP contribution is -2.42. The zero-order chi connectivity index (χ0) is 9.68. The topological polar surface area (TPSA) is 32.3 Å². The van der Waals surface area contributed by atoms with Crippen LogP contribution in [0, 0.1) is 5.92 Å². The number of nitrogens with zero attached hydrogens (tertiary/aromatic N) is 1. The van der Waals surface area contributed by atoms with Gasteiger partial charge in [0.15, 0.2) is 0 Å². The Morgan fingerprint density at radius 2 is 2.00 bits per heavy atom. The molecule has 1 heterocycles. The lowest BCUT2D eigenvalue weighted by molar-refractivity contribution is -0.110. The molecule has 0 aliphatic carbocycles. The summed E-state index contributed by atoms with van der Waals surface area (Å²) in [6.45, 7) is 7.71. The summed E-state index contributed by atoms with van der Waals surface area (Å²) in [5, 5.41) is 2.89. The largest absolute Gasteiger partial charge is 0.354 e. The third-order valence-corrected chi connectivity index (χ3v) is 2.74. The van der Waals surface area contributed by atoms with Crippen molar-refractivity contribution in [1.82, 2.24) is 10.2 Å². The minimum absolute atomic E-state index is 0.315. The molecule has 1 fully saturated rings. The highest BCUT2D eigenvalue weighted by molar-refractivity contribution is 5.46. The smallest absolute Gasteiger partial charge is 0.207 e. The van der Waals surface area contributed by atoms with E-state index in [0.29, 0.717) is 12.0 Å². The molecule has 1 atom stereocenters. The predicted molar refractivity (Wildman–Crippen MR) is 53.5 cm³/mol. The molecule has 76 valence electrons. The van der Waals surface area contributed by atoms with Crippen LogP contribution in [0.15, 0.2) is 0 Å². The minimum atomic E-state index is 0.315. The van der Waals surface area contributed by atoms with Gasteiger partial charge in [0, 0.05) is 12.6 Å². The maximum atomic E-state index is 10.4. The summed E-state index contributed by atoms with van der Waals surface area (Å²) < 4.78 is 0. The van der Waals surface area contributed by atoms with Crippen LogP contribution in [0.5, 0.6) is 0 Å². The van der Waals surface area contributed by atoms with Gasteiger partial charge in [0.05, 0.1) is 0 Å². The summed E-state index contributed by atoms with van der Waals surface area (Å²) in [5.74, 6) is 0.519. The number of likely N-dealkylation sites (tertiary alicyclic amines) is 1. The van der Waals surface area contributed by atoms with E-state index in [2.05, 4.69) is 24.1 Å². The number of rotatable bonds is 5. The molecule has 1 amide bonds. The molecule has 0 radical (unpaired) electrons. The van der Waals surface area contributed by atoms with Gasteiger partial charge < -0.3 is 10.2 Å². The van der Waals surface area contributed by atoms with Crippen molar-refractivity contribution in [2.45, 2.75) is 32.7 Å². The van der Waals surface area contributed by atoms with E-state index >= 15 is 0 Å². The van der Waals surface area contributed by atoms with Gasteiger partial charge in [-0.05, 0) is 31.8 Å². The fraction of sp³-hybridized carbons (Fsp3) is 0.900. The van der Waals surface area contributed by atoms with Crippen molar-refractivity contribution in [3.05, 3.63) is 0 Å². The van der Waals surface area contributed by atoms with E-state index in [4.69, 9.17) is 0 Å². The number of carbonyl (C=O) groups excluding carboxylic acids is 1. The van der Waals surface area contributed by atoms with Gasteiger partial charge in [0.25, 0.3) is 0 Å². The van der Waals surface area contributed by atoms with Crippen LogP contribution in [0.4, 0.5) is 0 Å². The van der Waals surface area contributed by atoms with Crippen molar-refractivity contribution < 1.29 is 4.79 Å². The molecule has 3 heteroatoms. The quantitative estimate of drug-likeness (QED) is 0.643. The Balaban J connectivity index is 2.31. The average Bonchev–Trinajstić information content (AvgIpc) is 2.56.